The largest absolute Gasteiger partial charge is 0.411 e. The second-order valence-electron chi connectivity index (χ2n) is 5.71. The Bertz CT molecular complexity index is 429. The lowest BCUT2D eigenvalue weighted by Gasteiger charge is -2.36. The minimum absolute atomic E-state index is 0.260. The summed E-state index contributed by atoms with van der Waals surface area (Å²) in [7, 11) is -4.34. The highest BCUT2D eigenvalue weighted by atomic mass is 28.5. The molecule has 0 radical (unpaired) electrons. The molecule has 5 nitrogen and oxygen atoms in total. The van der Waals surface area contributed by atoms with Gasteiger partial charge in [-0.05, 0) is 17.8 Å². The van der Waals surface area contributed by atoms with Gasteiger partial charge < -0.3 is 23.5 Å². The van der Waals surface area contributed by atoms with Crippen LogP contribution in [0.4, 0.5) is 0 Å². The van der Waals surface area contributed by atoms with E-state index in [0.717, 1.165) is 18.0 Å². The molecule has 0 bridgehead atoms. The van der Waals surface area contributed by atoms with Crippen molar-refractivity contribution in [3.8, 4) is 0 Å². The molecule has 7 heteroatoms. The van der Waals surface area contributed by atoms with Gasteiger partial charge in [0.15, 0.2) is 0 Å². The van der Waals surface area contributed by atoms with Gasteiger partial charge in [0.25, 0.3) is 0 Å². The van der Waals surface area contributed by atoms with E-state index in [1.165, 1.54) is 0 Å². The fourth-order valence-corrected chi connectivity index (χ4v) is 10.0. The third-order valence-corrected chi connectivity index (χ3v) is 11.2. The first kappa shape index (κ1) is 19.5. The van der Waals surface area contributed by atoms with E-state index in [-0.39, 0.29) is 12.7 Å². The summed E-state index contributed by atoms with van der Waals surface area (Å²) in [5.74, 6) is 0. The molecule has 1 rings (SSSR count). The van der Waals surface area contributed by atoms with E-state index in [1.54, 1.807) is 13.7 Å². The molecule has 0 aliphatic rings. The van der Waals surface area contributed by atoms with Crippen molar-refractivity contribution in [2.45, 2.75) is 44.5 Å². The number of aliphatic hydroxyl groups is 2. The number of hydrogen-bond donors (Lipinski definition) is 3. The van der Waals surface area contributed by atoms with Gasteiger partial charge in [0.05, 0.1) is 12.7 Å². The van der Waals surface area contributed by atoms with Crippen LogP contribution < -0.4 is 5.19 Å². The summed E-state index contributed by atoms with van der Waals surface area (Å²) in [5, 5.41) is 19.8. The Kier molecular flexibility index (Phi) is 7.91. The molecule has 0 heterocycles. The van der Waals surface area contributed by atoms with Crippen LogP contribution in [-0.4, -0.2) is 52.0 Å². The first-order chi connectivity index (χ1) is 10.4. The molecule has 0 aromatic heterocycles. The number of hydrogen-bond acceptors (Lipinski definition) is 5. The molecule has 3 atom stereocenters. The van der Waals surface area contributed by atoms with Gasteiger partial charge in [-0.2, -0.15) is 0 Å². The SMILES string of the molecule is CCCC[Si](CC(O)CO)(OC)O[Si](C)(O)c1ccccc1. The predicted molar refractivity (Wildman–Crippen MR) is 91.4 cm³/mol. The van der Waals surface area contributed by atoms with Crippen molar-refractivity contribution in [2.24, 2.45) is 0 Å². The van der Waals surface area contributed by atoms with Crippen molar-refractivity contribution in [1.29, 1.82) is 0 Å². The van der Waals surface area contributed by atoms with E-state index < -0.39 is 23.2 Å². The van der Waals surface area contributed by atoms with Crippen LogP contribution in [0.3, 0.4) is 0 Å². The van der Waals surface area contributed by atoms with Crippen LogP contribution in [0, 0.1) is 0 Å². The van der Waals surface area contributed by atoms with Gasteiger partial charge in [-0.25, -0.2) is 0 Å². The molecular formula is C15H28O5Si2. The summed E-state index contributed by atoms with van der Waals surface area (Å²) in [6.07, 6.45) is 0.993. The normalized spacial score (nSPS) is 18.5. The van der Waals surface area contributed by atoms with Gasteiger partial charge in [-0.15, -0.1) is 0 Å². The van der Waals surface area contributed by atoms with Crippen LogP contribution in [0.25, 0.3) is 0 Å². The zero-order valence-electron chi connectivity index (χ0n) is 13.7. The Morgan fingerprint density at radius 2 is 1.86 bits per heavy atom. The van der Waals surface area contributed by atoms with Crippen LogP contribution in [-0.2, 0) is 8.54 Å². The van der Waals surface area contributed by atoms with Crippen LogP contribution >= 0.6 is 0 Å². The molecule has 0 spiro atoms. The van der Waals surface area contributed by atoms with Crippen LogP contribution in [0.2, 0.25) is 18.6 Å². The second-order valence-corrected chi connectivity index (χ2v) is 12.2. The van der Waals surface area contributed by atoms with Crippen molar-refractivity contribution < 1.29 is 23.5 Å². The van der Waals surface area contributed by atoms with Crippen LogP contribution in [0.5, 0.6) is 0 Å². The summed E-state index contributed by atoms with van der Waals surface area (Å²) in [4.78, 5) is 10.9. The molecule has 0 saturated carbocycles. The fraction of sp³-hybridized carbons (Fsp3) is 0.600. The maximum absolute atomic E-state index is 10.9. The molecule has 0 aliphatic heterocycles. The molecule has 0 amide bonds. The zero-order chi connectivity index (χ0) is 16.6. The van der Waals surface area contributed by atoms with Crippen molar-refractivity contribution in [3.05, 3.63) is 30.3 Å². The minimum atomic E-state index is -3.12. The molecule has 0 saturated heterocycles. The average molecular weight is 345 g/mol. The van der Waals surface area contributed by atoms with Crippen molar-refractivity contribution in [1.82, 2.24) is 0 Å². The van der Waals surface area contributed by atoms with E-state index >= 15 is 0 Å². The number of aliphatic hydroxyl groups excluding tert-OH is 2. The lowest BCUT2D eigenvalue weighted by Crippen LogP contribution is -2.59. The monoisotopic (exact) mass is 344 g/mol. The second kappa shape index (κ2) is 8.92. The smallest absolute Gasteiger partial charge is 0.357 e. The highest BCUT2D eigenvalue weighted by molar-refractivity contribution is 6.87. The molecule has 1 aromatic carbocycles. The van der Waals surface area contributed by atoms with Gasteiger partial charge in [-0.3, -0.25) is 0 Å². The molecule has 22 heavy (non-hydrogen) atoms. The average Bonchev–Trinajstić information content (AvgIpc) is 2.53. The van der Waals surface area contributed by atoms with E-state index in [9.17, 15) is 9.90 Å². The molecule has 0 fully saturated rings. The first-order valence-corrected chi connectivity index (χ1v) is 12.3. The van der Waals surface area contributed by atoms with Crippen molar-refractivity contribution in [3.63, 3.8) is 0 Å². The Balaban J connectivity index is 2.99. The van der Waals surface area contributed by atoms with Gasteiger partial charge in [0.1, 0.15) is 0 Å². The summed E-state index contributed by atoms with van der Waals surface area (Å²) in [5.41, 5.74) is 0. The first-order valence-electron chi connectivity index (χ1n) is 7.71. The van der Waals surface area contributed by atoms with Crippen LogP contribution in [0.1, 0.15) is 19.8 Å². The Labute approximate surface area is 135 Å². The van der Waals surface area contributed by atoms with E-state index in [1.807, 2.05) is 30.3 Å². The lowest BCUT2D eigenvalue weighted by atomic mass is 10.4. The summed E-state index contributed by atoms with van der Waals surface area (Å²) >= 11 is 0. The molecular weight excluding hydrogens is 316 g/mol. The zero-order valence-corrected chi connectivity index (χ0v) is 15.7. The maximum Gasteiger partial charge on any atom is 0.357 e. The Morgan fingerprint density at radius 3 is 2.36 bits per heavy atom. The third kappa shape index (κ3) is 5.58. The quantitative estimate of drug-likeness (QED) is 0.556. The van der Waals surface area contributed by atoms with E-state index in [4.69, 9.17) is 13.6 Å². The highest BCUT2D eigenvalue weighted by Crippen LogP contribution is 2.26. The van der Waals surface area contributed by atoms with Crippen LogP contribution in [0.15, 0.2) is 30.3 Å². The van der Waals surface area contributed by atoms with E-state index in [0.29, 0.717) is 6.04 Å². The third-order valence-electron chi connectivity index (χ3n) is 3.73. The summed E-state index contributed by atoms with van der Waals surface area (Å²) in [6, 6.07) is 10.3. The number of unbranched alkanes of at least 4 members (excludes halogenated alkanes) is 1. The number of benzene rings is 1. The maximum atomic E-state index is 10.9. The molecule has 3 N–H and O–H groups in total. The predicted octanol–water partition coefficient (Wildman–Crippen LogP) is 1.22. The topological polar surface area (TPSA) is 79.2 Å². The van der Waals surface area contributed by atoms with Gasteiger partial charge in [0, 0.05) is 13.2 Å². The summed E-state index contributed by atoms with van der Waals surface area (Å²) in [6.45, 7) is 3.47. The Morgan fingerprint density at radius 1 is 1.23 bits per heavy atom. The lowest BCUT2D eigenvalue weighted by molar-refractivity contribution is 0.0990. The molecule has 0 aliphatic carbocycles. The highest BCUT2D eigenvalue weighted by Gasteiger charge is 2.46. The summed E-state index contributed by atoms with van der Waals surface area (Å²) < 4.78 is 11.9. The molecule has 126 valence electrons. The van der Waals surface area contributed by atoms with Gasteiger partial charge >= 0.3 is 17.1 Å². The standard InChI is InChI=1S/C15H28O5Si2/c1-4-5-11-22(19-2,13-14(17)12-16)20-21(3,18)15-9-7-6-8-10-15/h6-10,14,16-18H,4-5,11-13H2,1-3H3. The Hall–Kier alpha value is -0.546. The van der Waals surface area contributed by atoms with E-state index in [2.05, 4.69) is 6.92 Å². The fourth-order valence-electron chi connectivity index (χ4n) is 2.46. The molecule has 3 unspecified atom stereocenters. The van der Waals surface area contributed by atoms with Gasteiger partial charge in [0.2, 0.25) is 0 Å². The minimum Gasteiger partial charge on any atom is -0.411 e. The van der Waals surface area contributed by atoms with Gasteiger partial charge in [-0.1, -0.05) is 50.1 Å². The van der Waals surface area contributed by atoms with Crippen molar-refractivity contribution in [2.75, 3.05) is 13.7 Å². The number of rotatable bonds is 10. The van der Waals surface area contributed by atoms with Crippen molar-refractivity contribution >= 4 is 22.3 Å². The molecule has 1 aromatic rings.